The summed E-state index contributed by atoms with van der Waals surface area (Å²) in [6.07, 6.45) is 4.55. The first-order chi connectivity index (χ1) is 41.3. The quantitative estimate of drug-likeness (QED) is 0.0869. The second kappa shape index (κ2) is 23.0. The number of aliphatic hydroxyl groups excluding tert-OH is 1. The molecule has 1 aliphatic carbocycles. The molecule has 7 atom stereocenters. The van der Waals surface area contributed by atoms with Crippen LogP contribution >= 0.6 is 11.3 Å². The van der Waals surface area contributed by atoms with Gasteiger partial charge < -0.3 is 49.0 Å². The monoisotopic (exact) mass is 1190 g/mol. The van der Waals surface area contributed by atoms with E-state index in [1.54, 1.807) is 23.5 Å². The van der Waals surface area contributed by atoms with Crippen LogP contribution in [0.4, 0.5) is 16.4 Å². The van der Waals surface area contributed by atoms with Gasteiger partial charge in [0.1, 0.15) is 35.7 Å². The zero-order valence-corrected chi connectivity index (χ0v) is 51.1. The Kier molecular flexibility index (Phi) is 15.4. The minimum atomic E-state index is -0.832. The number of fused-ring (bicyclic) bond motifs is 6. The summed E-state index contributed by atoms with van der Waals surface area (Å²) in [6, 6.07) is 18.8. The number of ether oxygens (including phenoxy) is 3. The summed E-state index contributed by atoms with van der Waals surface area (Å²) in [5, 5.41) is 32.1. The van der Waals surface area contributed by atoms with Crippen molar-refractivity contribution in [2.24, 2.45) is 5.92 Å². The predicted octanol–water partition coefficient (Wildman–Crippen LogP) is 9.35. The molecule has 86 heavy (non-hydrogen) atoms. The number of aromatic nitrogens is 5. The molecule has 0 saturated carbocycles. The minimum Gasteiger partial charge on any atom is -0.508 e. The van der Waals surface area contributed by atoms with Crippen LogP contribution < -0.4 is 19.9 Å². The maximum atomic E-state index is 14.4. The van der Waals surface area contributed by atoms with E-state index in [0.717, 1.165) is 110 Å². The number of β-amino-alcohol motifs (C(OH)–C–C–N with tert-alkyl or cyclic N) is 1. The zero-order chi connectivity index (χ0) is 59.9. The molecule has 20 nitrogen and oxygen atoms in total. The number of carbonyl (C=O) groups is 3. The summed E-state index contributed by atoms with van der Waals surface area (Å²) in [4.78, 5) is 73.0. The number of hydrogen-bond acceptors (Lipinski definition) is 18. The number of likely N-dealkylation sites (tertiary alicyclic amines) is 2. The van der Waals surface area contributed by atoms with Crippen molar-refractivity contribution in [3.8, 4) is 33.5 Å². The molecule has 3 unspecified atom stereocenters. The van der Waals surface area contributed by atoms with Crippen LogP contribution in [0.3, 0.4) is 0 Å². The molecule has 4 aromatic heterocycles. The fraction of sp³-hybridized carbons (Fsp3) is 0.508. The number of piperazine rings is 1. The number of piperidine rings is 1. The van der Waals surface area contributed by atoms with Gasteiger partial charge in [-0.05, 0) is 106 Å². The summed E-state index contributed by atoms with van der Waals surface area (Å²) in [6.45, 7) is 21.0. The number of thiazole rings is 1. The number of hydrogen-bond donors (Lipinski definition) is 3. The Hall–Kier alpha value is -7.46. The van der Waals surface area contributed by atoms with Crippen LogP contribution in [0.25, 0.3) is 43.4 Å². The van der Waals surface area contributed by atoms with E-state index in [4.69, 9.17) is 33.7 Å². The Morgan fingerprint density at radius 2 is 1.65 bits per heavy atom. The SMILES string of the molecule is Cc1ncsc1-c1ccc([C@H](C)NC(=O)[C@@H]2C[C@@H](O)CN2C(=O)[C@@H](c2cc(N3CC(OC4CCN(CCOc5nc(N6CC7CCC(C6)N7C(=O)OC(C)(C)C)c6cnc7c(c6n5)C(C)c5cccc6cc(O)cc-7c56)CC4)C3)no2)C(C)C)cc1. The van der Waals surface area contributed by atoms with Gasteiger partial charge in [0, 0.05) is 88.1 Å². The van der Waals surface area contributed by atoms with Crippen molar-refractivity contribution in [3.05, 3.63) is 101 Å². The van der Waals surface area contributed by atoms with Gasteiger partial charge >= 0.3 is 12.1 Å². The van der Waals surface area contributed by atoms with Gasteiger partial charge in [-0.1, -0.05) is 68.4 Å². The van der Waals surface area contributed by atoms with E-state index in [-0.39, 0.29) is 78.8 Å². The van der Waals surface area contributed by atoms with E-state index in [1.165, 1.54) is 4.90 Å². The van der Waals surface area contributed by atoms with E-state index in [1.807, 2.05) is 108 Å². The third kappa shape index (κ3) is 11.1. The molecule has 5 fully saturated rings. The number of nitrogens with zero attached hydrogens (tertiary/aromatic N) is 10. The van der Waals surface area contributed by atoms with E-state index in [0.29, 0.717) is 56.9 Å². The Morgan fingerprint density at radius 3 is 2.36 bits per heavy atom. The highest BCUT2D eigenvalue weighted by atomic mass is 32.1. The third-order valence-corrected chi connectivity index (χ3v) is 19.4. The van der Waals surface area contributed by atoms with Gasteiger partial charge in [-0.25, -0.2) is 9.78 Å². The van der Waals surface area contributed by atoms with Crippen molar-refractivity contribution in [2.75, 3.05) is 68.8 Å². The molecule has 5 saturated heterocycles. The van der Waals surface area contributed by atoms with Crippen molar-refractivity contribution >= 4 is 62.6 Å². The fourth-order valence-corrected chi connectivity index (χ4v) is 14.9. The fourth-order valence-electron chi connectivity index (χ4n) is 14.0. The molecular formula is C65H77N11O9S. The van der Waals surface area contributed by atoms with Crippen LogP contribution in [0.2, 0.25) is 0 Å². The number of benzene rings is 3. The van der Waals surface area contributed by atoms with E-state index in [9.17, 15) is 24.6 Å². The molecule has 7 aromatic rings. The Balaban J connectivity index is 0.622. The Bertz CT molecular complexity index is 3690. The summed E-state index contributed by atoms with van der Waals surface area (Å²) in [5.41, 5.74) is 8.76. The number of anilines is 2. The maximum absolute atomic E-state index is 14.4. The first-order valence-electron chi connectivity index (χ1n) is 30.6. The highest BCUT2D eigenvalue weighted by molar-refractivity contribution is 7.13. The zero-order valence-electron chi connectivity index (χ0n) is 50.2. The first kappa shape index (κ1) is 57.6. The topological polar surface area (TPSA) is 225 Å². The van der Waals surface area contributed by atoms with Gasteiger partial charge in [0.2, 0.25) is 11.8 Å². The number of carbonyl (C=O) groups excluding carboxylic acids is 3. The molecule has 5 aliphatic heterocycles. The van der Waals surface area contributed by atoms with Crippen molar-refractivity contribution in [3.63, 3.8) is 0 Å². The smallest absolute Gasteiger partial charge is 0.410 e. The number of rotatable bonds is 15. The van der Waals surface area contributed by atoms with Crippen molar-refractivity contribution in [1.29, 1.82) is 0 Å². The average Bonchev–Trinajstić information content (AvgIpc) is 0.928. The van der Waals surface area contributed by atoms with Gasteiger partial charge in [-0.3, -0.25) is 24.4 Å². The van der Waals surface area contributed by atoms with Crippen LogP contribution in [0.15, 0.2) is 76.9 Å². The molecule has 6 aliphatic rings. The second-order valence-electron chi connectivity index (χ2n) is 25.8. The Morgan fingerprint density at radius 1 is 0.895 bits per heavy atom. The summed E-state index contributed by atoms with van der Waals surface area (Å²) >= 11 is 1.59. The lowest BCUT2D eigenvalue weighted by molar-refractivity contribution is -0.141. The van der Waals surface area contributed by atoms with Crippen LogP contribution in [-0.2, 0) is 19.1 Å². The van der Waals surface area contributed by atoms with Gasteiger partial charge in [0.25, 0.3) is 0 Å². The van der Waals surface area contributed by atoms with Crippen LogP contribution in [-0.4, -0.2) is 169 Å². The number of aromatic hydroxyl groups is 1. The van der Waals surface area contributed by atoms with Crippen LogP contribution in [0.5, 0.6) is 11.8 Å². The number of phenols is 1. The number of pyridine rings is 1. The standard InChI is InChI=1S/C65H77N11O9S/c1-35(2)54(62(80)75-31-45(78)26-51(75)61(79)68-37(4)39-12-14-40(15-13-39)59-38(5)67-34-86-59)52-27-53(71-85-52)73-32-47(33-73)83-46-18-20-72(21-19-46)22-23-82-63-69-58-50(60(70-63)74-29-42-16-17-43(30-74)76(42)64(81)84-65(6,7)8)28-66-57-49-25-44(77)24-41-10-9-11-48(56(41)49)36(3)55(57)58/h9-15,24-25,27-28,34-37,42-43,45-47,51,54,77-78H,16-23,26,29-33H2,1-8H3,(H,68,79)/t36?,37-,42?,43?,45+,51-,54+/m0/s1. The second-order valence-corrected chi connectivity index (χ2v) is 26.7. The van der Waals surface area contributed by atoms with Gasteiger partial charge in [0.05, 0.1) is 69.1 Å². The van der Waals surface area contributed by atoms with Gasteiger partial charge in [-0.15, -0.1) is 11.3 Å². The van der Waals surface area contributed by atoms with Crippen molar-refractivity contribution in [1.82, 2.24) is 45.1 Å². The molecule has 3 amide bonds. The maximum Gasteiger partial charge on any atom is 0.410 e. The highest BCUT2D eigenvalue weighted by Gasteiger charge is 2.47. The lowest BCUT2D eigenvalue weighted by atomic mass is 9.79. The molecule has 452 valence electrons. The largest absolute Gasteiger partial charge is 0.508 e. The van der Waals surface area contributed by atoms with Crippen molar-refractivity contribution < 1.29 is 43.3 Å². The third-order valence-electron chi connectivity index (χ3n) is 18.4. The number of amides is 3. The normalized spacial score (nSPS) is 22.4. The molecule has 21 heteroatoms. The number of nitrogens with one attached hydrogen (secondary N) is 1. The predicted molar refractivity (Wildman–Crippen MR) is 328 cm³/mol. The summed E-state index contributed by atoms with van der Waals surface area (Å²) in [5.74, 6) is 0.474. The molecule has 13 rings (SSSR count). The lowest BCUT2D eigenvalue weighted by Crippen LogP contribution is -2.57. The highest BCUT2D eigenvalue weighted by Crippen LogP contribution is 2.49. The van der Waals surface area contributed by atoms with Crippen LogP contribution in [0.1, 0.15) is 127 Å². The molecule has 0 spiro atoms. The Labute approximate surface area is 504 Å². The molecule has 9 heterocycles. The molecular weight excluding hydrogens is 1110 g/mol. The van der Waals surface area contributed by atoms with Crippen molar-refractivity contribution in [2.45, 2.75) is 147 Å². The lowest BCUT2D eigenvalue weighted by Gasteiger charge is -2.42. The van der Waals surface area contributed by atoms with Gasteiger partial charge in [0.15, 0.2) is 11.6 Å². The molecule has 2 bridgehead atoms. The van der Waals surface area contributed by atoms with Gasteiger partial charge in [-0.2, -0.15) is 9.97 Å². The number of phenolic OH excluding ortho intramolecular Hbond substituents is 1. The van der Waals surface area contributed by atoms with E-state index >= 15 is 0 Å². The summed E-state index contributed by atoms with van der Waals surface area (Å²) in [7, 11) is 0. The average molecular weight is 1190 g/mol. The van der Waals surface area contributed by atoms with E-state index < -0.39 is 23.7 Å². The minimum absolute atomic E-state index is 0.0243. The molecule has 3 aromatic carbocycles. The van der Waals surface area contributed by atoms with Crippen LogP contribution in [0, 0.1) is 12.8 Å². The number of aliphatic hydroxyl groups is 1. The summed E-state index contributed by atoms with van der Waals surface area (Å²) < 4.78 is 25.0. The molecule has 3 N–H and O–H groups in total. The van der Waals surface area contributed by atoms with E-state index in [2.05, 4.69) is 43.1 Å². The molecule has 0 radical (unpaired) electrons. The number of aryl methyl sites for hydroxylation is 1. The first-order valence-corrected chi connectivity index (χ1v) is 31.4.